The molecule has 0 bridgehead atoms. The van der Waals surface area contributed by atoms with Crippen molar-refractivity contribution < 1.29 is 18.0 Å². The van der Waals surface area contributed by atoms with Crippen LogP contribution in [0.15, 0.2) is 55.2 Å². The third-order valence-electron chi connectivity index (χ3n) is 6.36. The van der Waals surface area contributed by atoms with E-state index in [1.54, 1.807) is 18.3 Å². The normalized spacial score (nSPS) is 14.7. The maximum absolute atomic E-state index is 14.1. The van der Waals surface area contributed by atoms with Gasteiger partial charge in [0, 0.05) is 42.8 Å². The number of halogens is 3. The second-order valence-electron chi connectivity index (χ2n) is 11.0. The molecule has 0 spiro atoms. The van der Waals surface area contributed by atoms with E-state index in [4.69, 9.17) is 0 Å². The molecule has 1 amide bonds. The lowest BCUT2D eigenvalue weighted by Gasteiger charge is -2.36. The van der Waals surface area contributed by atoms with Crippen LogP contribution in [-0.2, 0) is 12.7 Å². The molecule has 4 heterocycles. The first-order valence-corrected chi connectivity index (χ1v) is 12.7. The van der Waals surface area contributed by atoms with Crippen LogP contribution in [0.3, 0.4) is 0 Å². The van der Waals surface area contributed by atoms with Gasteiger partial charge in [0.25, 0.3) is 5.91 Å². The van der Waals surface area contributed by atoms with Gasteiger partial charge in [0.2, 0.25) is 5.95 Å². The van der Waals surface area contributed by atoms with Crippen molar-refractivity contribution >= 4 is 17.5 Å². The zero-order valence-electron chi connectivity index (χ0n) is 22.6. The highest BCUT2D eigenvalue weighted by Gasteiger charge is 2.34. The van der Waals surface area contributed by atoms with Crippen LogP contribution in [0.5, 0.6) is 0 Å². The minimum Gasteiger partial charge on any atom is -0.347 e. The van der Waals surface area contributed by atoms with E-state index in [2.05, 4.69) is 35.7 Å². The molecule has 1 saturated heterocycles. The summed E-state index contributed by atoms with van der Waals surface area (Å²) >= 11 is 0. The molecular formula is C27H30F3N9O. The quantitative estimate of drug-likeness (QED) is 0.350. The molecule has 1 aliphatic rings. The van der Waals surface area contributed by atoms with Gasteiger partial charge in [0.15, 0.2) is 0 Å². The summed E-state index contributed by atoms with van der Waals surface area (Å²) in [4.78, 5) is 23.2. The van der Waals surface area contributed by atoms with Crippen LogP contribution in [0, 0.1) is 0 Å². The van der Waals surface area contributed by atoms with Gasteiger partial charge < -0.3 is 15.5 Å². The fourth-order valence-corrected chi connectivity index (χ4v) is 4.44. The maximum atomic E-state index is 14.1. The monoisotopic (exact) mass is 553 g/mol. The largest absolute Gasteiger partial charge is 0.416 e. The zero-order chi connectivity index (χ0) is 28.7. The number of alkyl halides is 3. The van der Waals surface area contributed by atoms with E-state index >= 15 is 0 Å². The Balaban J connectivity index is 1.34. The Hall–Kier alpha value is -4.26. The number of likely N-dealkylation sites (N-methyl/N-ethyl adjacent to an activating group) is 1. The molecule has 2 N–H and O–H groups in total. The Kier molecular flexibility index (Phi) is 7.08. The average Bonchev–Trinajstić information content (AvgIpc) is 3.51. The molecule has 4 aromatic rings. The van der Waals surface area contributed by atoms with E-state index < -0.39 is 17.3 Å². The molecule has 10 nitrogen and oxygen atoms in total. The van der Waals surface area contributed by atoms with Crippen LogP contribution in [0.25, 0.3) is 11.3 Å². The number of hydrogen-bond donors (Lipinski definition) is 2. The molecule has 40 heavy (non-hydrogen) atoms. The molecule has 1 aliphatic heterocycles. The minimum atomic E-state index is -4.61. The molecule has 1 fully saturated rings. The first-order chi connectivity index (χ1) is 18.8. The summed E-state index contributed by atoms with van der Waals surface area (Å²) in [6.45, 7) is 7.19. The smallest absolute Gasteiger partial charge is 0.347 e. The number of anilines is 2. The standard InChI is InChI=1S/C27H30F3N9O/c1-26(2,3)36-24(40)19-10-32-38(13-19)12-18-6-5-17(9-22(18)27(28,29)30)23-7-8-31-25(35-23)34-20-11-33-39(14-20)21-15-37(4)16-21/h5-11,13-14,21H,12,15-16H2,1-4H3,(H,36,40)(H,31,34,35). The van der Waals surface area contributed by atoms with Crippen LogP contribution >= 0.6 is 0 Å². The van der Waals surface area contributed by atoms with Crippen LogP contribution in [0.2, 0.25) is 0 Å². The predicted molar refractivity (Wildman–Crippen MR) is 143 cm³/mol. The second-order valence-corrected chi connectivity index (χ2v) is 11.0. The van der Waals surface area contributed by atoms with Gasteiger partial charge in [-0.25, -0.2) is 9.97 Å². The SMILES string of the molecule is CN1CC(n2cc(Nc3nccc(-c4ccc(Cn5cc(C(=O)NC(C)(C)C)cn5)c(C(F)(F)F)c4)n3)cn2)C1. The molecule has 13 heteroatoms. The second kappa shape index (κ2) is 10.4. The number of nitrogens with one attached hydrogen (secondary N) is 2. The number of aromatic nitrogens is 6. The summed E-state index contributed by atoms with van der Waals surface area (Å²) in [5, 5.41) is 14.4. The minimum absolute atomic E-state index is 0.0172. The highest BCUT2D eigenvalue weighted by molar-refractivity contribution is 5.94. The third-order valence-corrected chi connectivity index (χ3v) is 6.36. The zero-order valence-corrected chi connectivity index (χ0v) is 22.6. The van der Waals surface area contributed by atoms with Gasteiger partial charge in [-0.3, -0.25) is 14.2 Å². The third kappa shape index (κ3) is 6.30. The number of likely N-dealkylation sites (tertiary alicyclic amines) is 1. The summed E-state index contributed by atoms with van der Waals surface area (Å²) in [5.41, 5.74) is 0.344. The van der Waals surface area contributed by atoms with Crippen molar-refractivity contribution in [1.82, 2.24) is 39.7 Å². The molecule has 1 aromatic carbocycles. The lowest BCUT2D eigenvalue weighted by Crippen LogP contribution is -2.45. The number of hydrogen-bond acceptors (Lipinski definition) is 7. The van der Waals surface area contributed by atoms with E-state index in [9.17, 15) is 18.0 Å². The lowest BCUT2D eigenvalue weighted by molar-refractivity contribution is -0.138. The van der Waals surface area contributed by atoms with Crippen molar-refractivity contribution in [1.29, 1.82) is 0 Å². The highest BCUT2D eigenvalue weighted by atomic mass is 19.4. The molecule has 0 aliphatic carbocycles. The number of nitrogens with zero attached hydrogens (tertiary/aromatic N) is 7. The first-order valence-electron chi connectivity index (χ1n) is 12.7. The Morgan fingerprint density at radius 1 is 1.07 bits per heavy atom. The number of carbonyl (C=O) groups excluding carboxylic acids is 1. The van der Waals surface area contributed by atoms with Crippen molar-refractivity contribution in [3.63, 3.8) is 0 Å². The van der Waals surface area contributed by atoms with E-state index in [0.29, 0.717) is 23.0 Å². The predicted octanol–water partition coefficient (Wildman–Crippen LogP) is 4.36. The molecule has 210 valence electrons. The van der Waals surface area contributed by atoms with E-state index in [0.717, 1.165) is 19.2 Å². The van der Waals surface area contributed by atoms with Crippen molar-refractivity contribution in [2.75, 3.05) is 25.5 Å². The fraction of sp³-hybridized carbons (Fsp3) is 0.370. The summed E-state index contributed by atoms with van der Waals surface area (Å²) in [7, 11) is 2.04. The van der Waals surface area contributed by atoms with E-state index in [-0.39, 0.29) is 29.5 Å². The molecule has 3 aromatic heterocycles. The van der Waals surface area contributed by atoms with Crippen molar-refractivity contribution in [3.05, 3.63) is 71.9 Å². The van der Waals surface area contributed by atoms with Crippen LogP contribution in [0.4, 0.5) is 24.8 Å². The molecule has 0 unspecified atom stereocenters. The molecule has 5 rings (SSSR count). The van der Waals surface area contributed by atoms with Gasteiger partial charge in [0.1, 0.15) is 0 Å². The number of rotatable bonds is 7. The Bertz CT molecular complexity index is 1510. The van der Waals surface area contributed by atoms with Crippen molar-refractivity contribution in [2.45, 2.75) is 45.1 Å². The highest BCUT2D eigenvalue weighted by Crippen LogP contribution is 2.35. The topological polar surface area (TPSA) is 106 Å². The van der Waals surface area contributed by atoms with Crippen molar-refractivity contribution in [2.24, 2.45) is 0 Å². The van der Waals surface area contributed by atoms with Crippen LogP contribution < -0.4 is 10.6 Å². The maximum Gasteiger partial charge on any atom is 0.416 e. The number of amides is 1. The summed E-state index contributed by atoms with van der Waals surface area (Å²) in [5.74, 6) is -0.0978. The van der Waals surface area contributed by atoms with E-state index in [1.165, 1.54) is 29.3 Å². The molecule has 0 atom stereocenters. The van der Waals surface area contributed by atoms with Gasteiger partial charge in [0.05, 0.1) is 47.5 Å². The van der Waals surface area contributed by atoms with Crippen LogP contribution in [-0.4, -0.2) is 66.0 Å². The van der Waals surface area contributed by atoms with Gasteiger partial charge in [-0.1, -0.05) is 12.1 Å². The molecule has 0 saturated carbocycles. The lowest BCUT2D eigenvalue weighted by atomic mass is 10.0. The molecular weight excluding hydrogens is 523 g/mol. The summed E-state index contributed by atoms with van der Waals surface area (Å²) < 4.78 is 45.5. The van der Waals surface area contributed by atoms with Gasteiger partial charge >= 0.3 is 6.18 Å². The number of carbonyl (C=O) groups is 1. The Labute approximate surface area is 229 Å². The first kappa shape index (κ1) is 27.3. The van der Waals surface area contributed by atoms with E-state index in [1.807, 2.05) is 38.7 Å². The number of benzene rings is 1. The van der Waals surface area contributed by atoms with Crippen LogP contribution in [0.1, 0.15) is 48.3 Å². The fourth-order valence-electron chi connectivity index (χ4n) is 4.44. The Morgan fingerprint density at radius 2 is 1.85 bits per heavy atom. The summed E-state index contributed by atoms with van der Waals surface area (Å²) in [6, 6.07) is 5.92. The Morgan fingerprint density at radius 3 is 2.55 bits per heavy atom. The van der Waals surface area contributed by atoms with Gasteiger partial charge in [-0.05, 0) is 45.5 Å². The van der Waals surface area contributed by atoms with Crippen molar-refractivity contribution in [3.8, 4) is 11.3 Å². The van der Waals surface area contributed by atoms with Gasteiger partial charge in [-0.15, -0.1) is 0 Å². The average molecular weight is 554 g/mol. The summed E-state index contributed by atoms with van der Waals surface area (Å²) in [6.07, 6.45) is 3.18. The van der Waals surface area contributed by atoms with Gasteiger partial charge in [-0.2, -0.15) is 23.4 Å². The molecule has 0 radical (unpaired) electrons.